The maximum Gasteiger partial charge on any atom is 0.258 e. The maximum absolute atomic E-state index is 13.2. The molecule has 0 saturated heterocycles. The fraction of sp³-hybridized carbons (Fsp3) is 0.261. The molecule has 0 unspecified atom stereocenters. The van der Waals surface area contributed by atoms with E-state index in [0.29, 0.717) is 44.2 Å². The lowest BCUT2D eigenvalue weighted by atomic mass is 9.98. The highest BCUT2D eigenvalue weighted by molar-refractivity contribution is 7.15. The van der Waals surface area contributed by atoms with Crippen molar-refractivity contribution in [2.45, 2.75) is 19.8 Å². The molecule has 8 nitrogen and oxygen atoms in total. The van der Waals surface area contributed by atoms with Crippen LogP contribution in [0.5, 0.6) is 5.75 Å². The van der Waals surface area contributed by atoms with Crippen molar-refractivity contribution in [1.82, 2.24) is 15.2 Å². The first kappa shape index (κ1) is 22.7. The molecule has 1 N–H and O–H groups in total. The molecule has 1 saturated carbocycles. The van der Waals surface area contributed by atoms with Gasteiger partial charge < -0.3 is 9.64 Å². The number of aromatic nitrogens is 3. The van der Waals surface area contributed by atoms with Gasteiger partial charge in [-0.1, -0.05) is 28.9 Å². The Hall–Kier alpha value is -3.48. The summed E-state index contributed by atoms with van der Waals surface area (Å²) in [5.41, 5.74) is 2.04. The highest BCUT2D eigenvalue weighted by Crippen LogP contribution is 2.36. The number of ether oxygens (including phenoxy) is 1. The summed E-state index contributed by atoms with van der Waals surface area (Å²) in [7, 11) is 3.16. The second-order valence-corrected chi connectivity index (χ2v) is 8.79. The van der Waals surface area contributed by atoms with E-state index < -0.39 is 5.91 Å². The van der Waals surface area contributed by atoms with E-state index in [9.17, 15) is 9.59 Å². The van der Waals surface area contributed by atoms with Gasteiger partial charge in [-0.25, -0.2) is 4.98 Å². The average molecular weight is 482 g/mol. The second kappa shape index (κ2) is 9.57. The third kappa shape index (κ3) is 5.30. The predicted molar refractivity (Wildman–Crippen MR) is 128 cm³/mol. The van der Waals surface area contributed by atoms with Crippen molar-refractivity contribution in [2.24, 2.45) is 5.92 Å². The van der Waals surface area contributed by atoms with Crippen molar-refractivity contribution >= 4 is 45.6 Å². The highest BCUT2D eigenvalue weighted by Gasteiger charge is 2.21. The minimum atomic E-state index is -0.394. The molecule has 0 atom stereocenters. The Kier molecular flexibility index (Phi) is 6.58. The Morgan fingerprint density at radius 3 is 2.73 bits per heavy atom. The molecule has 0 radical (unpaired) electrons. The first-order valence-corrected chi connectivity index (χ1v) is 11.3. The van der Waals surface area contributed by atoms with E-state index in [-0.39, 0.29) is 11.1 Å². The van der Waals surface area contributed by atoms with Crippen molar-refractivity contribution in [3.05, 3.63) is 46.2 Å². The summed E-state index contributed by atoms with van der Waals surface area (Å²) in [4.78, 5) is 30.6. The number of nitrogens with zero attached hydrogens (tertiary/aromatic N) is 4. The quantitative estimate of drug-likeness (QED) is 0.432. The number of nitrogens with one attached hydrogen (secondary N) is 1. The molecule has 168 valence electrons. The van der Waals surface area contributed by atoms with Gasteiger partial charge in [-0.05, 0) is 43.0 Å². The summed E-state index contributed by atoms with van der Waals surface area (Å²) < 4.78 is 5.44. The molecule has 0 spiro atoms. The lowest BCUT2D eigenvalue weighted by Gasteiger charge is -2.19. The van der Waals surface area contributed by atoms with Crippen LogP contribution in [0.25, 0.3) is 11.1 Å². The zero-order valence-electron chi connectivity index (χ0n) is 18.2. The van der Waals surface area contributed by atoms with Gasteiger partial charge in [-0.2, -0.15) is 0 Å². The molecule has 1 fully saturated rings. The molecule has 4 rings (SSSR count). The molecular formula is C23H20ClN5O3S. The molecule has 0 bridgehead atoms. The number of rotatable bonds is 5. The predicted octanol–water partition coefficient (Wildman–Crippen LogP) is 4.26. The number of hydrogen-bond donors (Lipinski definition) is 1. The summed E-state index contributed by atoms with van der Waals surface area (Å²) in [6.45, 7) is 1.46. The van der Waals surface area contributed by atoms with Crippen molar-refractivity contribution in [2.75, 3.05) is 24.4 Å². The number of hydrogen-bond acceptors (Lipinski definition) is 7. The number of carbonyl (C=O) groups is 2. The van der Waals surface area contributed by atoms with Crippen LogP contribution in [0.15, 0.2) is 30.5 Å². The van der Waals surface area contributed by atoms with Crippen LogP contribution < -0.4 is 15.0 Å². The van der Waals surface area contributed by atoms with Crippen molar-refractivity contribution in [3.8, 4) is 28.7 Å². The standard InChI is InChI=1S/C23H20ClN5O3S/c1-13(30)29(2)15-7-8-16(17(10-15)18-11-20(24)25-12-19(18)32-3)22(31)26-23-28-27-21(33-23)9-6-14-4-5-14/h7-8,10-12,14H,4-5H2,1-3H3,(H,26,28,31). The molecule has 2 amide bonds. The van der Waals surface area contributed by atoms with E-state index in [1.807, 2.05) is 0 Å². The lowest BCUT2D eigenvalue weighted by molar-refractivity contribution is -0.116. The van der Waals surface area contributed by atoms with Gasteiger partial charge in [0, 0.05) is 42.3 Å². The molecule has 0 aliphatic heterocycles. The summed E-state index contributed by atoms with van der Waals surface area (Å²) in [6, 6.07) is 6.68. The summed E-state index contributed by atoms with van der Waals surface area (Å²) in [5.74, 6) is 6.47. The van der Waals surface area contributed by atoms with E-state index in [1.165, 1.54) is 36.5 Å². The first-order chi connectivity index (χ1) is 15.9. The summed E-state index contributed by atoms with van der Waals surface area (Å²) in [5, 5.41) is 12.0. The minimum Gasteiger partial charge on any atom is -0.494 e. The minimum absolute atomic E-state index is 0.147. The largest absolute Gasteiger partial charge is 0.494 e. The molecular weight excluding hydrogens is 462 g/mol. The van der Waals surface area contributed by atoms with Gasteiger partial charge in [0.05, 0.1) is 13.3 Å². The Morgan fingerprint density at radius 1 is 1.24 bits per heavy atom. The molecule has 10 heteroatoms. The number of methoxy groups -OCH3 is 1. The van der Waals surface area contributed by atoms with E-state index in [2.05, 4.69) is 32.3 Å². The molecule has 2 heterocycles. The third-order valence-electron chi connectivity index (χ3n) is 5.06. The number of anilines is 2. The normalized spacial score (nSPS) is 12.5. The van der Waals surface area contributed by atoms with Crippen molar-refractivity contribution < 1.29 is 14.3 Å². The molecule has 1 aromatic carbocycles. The number of amides is 2. The van der Waals surface area contributed by atoms with Crippen molar-refractivity contribution in [1.29, 1.82) is 0 Å². The Bertz CT molecular complexity index is 1290. The zero-order valence-corrected chi connectivity index (χ0v) is 19.8. The summed E-state index contributed by atoms with van der Waals surface area (Å²) in [6.07, 6.45) is 3.72. The highest BCUT2D eigenvalue weighted by atomic mass is 35.5. The Morgan fingerprint density at radius 2 is 2.03 bits per heavy atom. The van der Waals surface area contributed by atoms with Gasteiger partial charge in [0.1, 0.15) is 10.9 Å². The number of halogens is 1. The van der Waals surface area contributed by atoms with Crippen LogP contribution >= 0.6 is 22.9 Å². The topological polar surface area (TPSA) is 97.3 Å². The van der Waals surface area contributed by atoms with Crippen LogP contribution in [-0.2, 0) is 4.79 Å². The Balaban J connectivity index is 1.71. The fourth-order valence-electron chi connectivity index (χ4n) is 3.01. The van der Waals surface area contributed by atoms with Crippen LogP contribution in [0.2, 0.25) is 5.15 Å². The van der Waals surface area contributed by atoms with Gasteiger partial charge >= 0.3 is 0 Å². The van der Waals surface area contributed by atoms with E-state index in [1.54, 1.807) is 31.3 Å². The number of pyridine rings is 1. The van der Waals surface area contributed by atoms with Crippen LogP contribution in [-0.4, -0.2) is 41.2 Å². The number of benzene rings is 1. The van der Waals surface area contributed by atoms with Crippen molar-refractivity contribution in [3.63, 3.8) is 0 Å². The fourth-order valence-corrected chi connectivity index (χ4v) is 3.77. The van der Waals surface area contributed by atoms with Crippen LogP contribution in [0.3, 0.4) is 0 Å². The molecule has 1 aliphatic carbocycles. The van der Waals surface area contributed by atoms with Gasteiger partial charge in [-0.3, -0.25) is 14.9 Å². The maximum atomic E-state index is 13.2. The Labute approximate surface area is 200 Å². The van der Waals surface area contributed by atoms with E-state index in [4.69, 9.17) is 16.3 Å². The van der Waals surface area contributed by atoms with Crippen LogP contribution in [0.4, 0.5) is 10.8 Å². The molecule has 3 aromatic rings. The monoisotopic (exact) mass is 481 g/mol. The molecule has 33 heavy (non-hydrogen) atoms. The second-order valence-electron chi connectivity index (χ2n) is 7.43. The lowest BCUT2D eigenvalue weighted by Crippen LogP contribution is -2.23. The average Bonchev–Trinajstić information content (AvgIpc) is 3.54. The zero-order chi connectivity index (χ0) is 23.5. The van der Waals surface area contributed by atoms with E-state index >= 15 is 0 Å². The van der Waals surface area contributed by atoms with Gasteiger partial charge in [0.25, 0.3) is 5.91 Å². The van der Waals surface area contributed by atoms with Gasteiger partial charge in [-0.15, -0.1) is 10.2 Å². The number of carbonyl (C=O) groups excluding carboxylic acids is 2. The van der Waals surface area contributed by atoms with Crippen LogP contribution in [0, 0.1) is 17.8 Å². The van der Waals surface area contributed by atoms with Gasteiger partial charge in [0.2, 0.25) is 11.0 Å². The van der Waals surface area contributed by atoms with Crippen LogP contribution in [0.1, 0.15) is 35.1 Å². The first-order valence-electron chi connectivity index (χ1n) is 10.1. The molecule has 1 aliphatic rings. The summed E-state index contributed by atoms with van der Waals surface area (Å²) >= 11 is 7.35. The third-order valence-corrected chi connectivity index (χ3v) is 6.02. The smallest absolute Gasteiger partial charge is 0.258 e. The van der Waals surface area contributed by atoms with E-state index in [0.717, 1.165) is 12.8 Å². The SMILES string of the molecule is COc1cnc(Cl)cc1-c1cc(N(C)C(C)=O)ccc1C(=O)Nc1nnc(C#CC2CC2)s1. The van der Waals surface area contributed by atoms with Gasteiger partial charge in [0.15, 0.2) is 5.01 Å². The molecule has 2 aromatic heterocycles.